The lowest BCUT2D eigenvalue weighted by atomic mass is 10.1. The van der Waals surface area contributed by atoms with Crippen LogP contribution in [0.15, 0.2) is 61.2 Å². The SMILES string of the molecule is COc1cccc(NC(C(=O)N2CCCC2c2cccnc2)c2cnc(OC)cn2)c1. The summed E-state index contributed by atoms with van der Waals surface area (Å²) in [5.74, 6) is 1.03. The molecular formula is C23H25N5O3. The normalized spacial score (nSPS) is 16.6. The third kappa shape index (κ3) is 4.58. The summed E-state index contributed by atoms with van der Waals surface area (Å²) in [5.41, 5.74) is 2.31. The topological polar surface area (TPSA) is 89.5 Å². The maximum Gasteiger partial charge on any atom is 0.251 e. The molecule has 1 amide bonds. The van der Waals surface area contributed by atoms with Crippen molar-refractivity contribution in [2.75, 3.05) is 26.1 Å². The fraction of sp³-hybridized carbons (Fsp3) is 0.304. The van der Waals surface area contributed by atoms with Gasteiger partial charge in [0, 0.05) is 30.7 Å². The lowest BCUT2D eigenvalue weighted by Crippen LogP contribution is -2.38. The lowest BCUT2D eigenvalue weighted by molar-refractivity contribution is -0.133. The Hall–Kier alpha value is -3.68. The van der Waals surface area contributed by atoms with Crippen molar-refractivity contribution in [3.05, 3.63) is 72.4 Å². The molecule has 0 bridgehead atoms. The van der Waals surface area contributed by atoms with Gasteiger partial charge in [-0.05, 0) is 36.6 Å². The van der Waals surface area contributed by atoms with E-state index in [-0.39, 0.29) is 11.9 Å². The summed E-state index contributed by atoms with van der Waals surface area (Å²) in [6.45, 7) is 0.679. The van der Waals surface area contributed by atoms with Crippen LogP contribution in [0.1, 0.15) is 36.2 Å². The van der Waals surface area contributed by atoms with Crippen molar-refractivity contribution >= 4 is 11.6 Å². The molecule has 0 spiro atoms. The molecule has 2 atom stereocenters. The molecule has 1 N–H and O–H groups in total. The third-order valence-electron chi connectivity index (χ3n) is 5.39. The van der Waals surface area contributed by atoms with Gasteiger partial charge >= 0.3 is 0 Å². The Bertz CT molecular complexity index is 1010. The van der Waals surface area contributed by atoms with Gasteiger partial charge in [-0.1, -0.05) is 12.1 Å². The van der Waals surface area contributed by atoms with Gasteiger partial charge in [-0.15, -0.1) is 0 Å². The number of aromatic nitrogens is 3. The van der Waals surface area contributed by atoms with Crippen molar-refractivity contribution in [2.24, 2.45) is 0 Å². The highest BCUT2D eigenvalue weighted by Gasteiger charge is 2.35. The summed E-state index contributed by atoms with van der Waals surface area (Å²) in [5, 5.41) is 3.33. The van der Waals surface area contributed by atoms with E-state index in [1.54, 1.807) is 19.5 Å². The van der Waals surface area contributed by atoms with Crippen LogP contribution in [0.4, 0.5) is 5.69 Å². The van der Waals surface area contributed by atoms with Crippen molar-refractivity contribution in [1.29, 1.82) is 0 Å². The fourth-order valence-electron chi connectivity index (χ4n) is 3.84. The number of nitrogens with one attached hydrogen (secondary N) is 1. The minimum absolute atomic E-state index is 0.0120. The van der Waals surface area contributed by atoms with Crippen LogP contribution in [0.25, 0.3) is 0 Å². The third-order valence-corrected chi connectivity index (χ3v) is 5.39. The number of hydrogen-bond donors (Lipinski definition) is 1. The Balaban J connectivity index is 1.66. The summed E-state index contributed by atoms with van der Waals surface area (Å²) in [6.07, 6.45) is 8.50. The molecule has 3 heterocycles. The zero-order valence-electron chi connectivity index (χ0n) is 17.6. The maximum absolute atomic E-state index is 13.8. The molecule has 3 aromatic rings. The lowest BCUT2D eigenvalue weighted by Gasteiger charge is -2.29. The first-order valence-corrected chi connectivity index (χ1v) is 10.2. The molecule has 1 aliphatic rings. The van der Waals surface area contributed by atoms with Gasteiger partial charge in [-0.25, -0.2) is 4.98 Å². The van der Waals surface area contributed by atoms with Crippen LogP contribution in [0.3, 0.4) is 0 Å². The van der Waals surface area contributed by atoms with Crippen LogP contribution in [0.2, 0.25) is 0 Å². The number of benzene rings is 1. The molecule has 4 rings (SSSR count). The highest BCUT2D eigenvalue weighted by molar-refractivity contribution is 5.86. The molecule has 0 saturated carbocycles. The smallest absolute Gasteiger partial charge is 0.251 e. The number of nitrogens with zero attached hydrogens (tertiary/aromatic N) is 4. The van der Waals surface area contributed by atoms with Crippen molar-refractivity contribution < 1.29 is 14.3 Å². The predicted molar refractivity (Wildman–Crippen MR) is 116 cm³/mol. The first-order chi connectivity index (χ1) is 15.2. The molecule has 31 heavy (non-hydrogen) atoms. The van der Waals surface area contributed by atoms with Crippen LogP contribution >= 0.6 is 0 Å². The number of hydrogen-bond acceptors (Lipinski definition) is 7. The number of methoxy groups -OCH3 is 2. The molecule has 1 aliphatic heterocycles. The van der Waals surface area contributed by atoms with Gasteiger partial charge in [-0.3, -0.25) is 14.8 Å². The van der Waals surface area contributed by atoms with Gasteiger partial charge in [0.2, 0.25) is 5.88 Å². The molecule has 1 fully saturated rings. The first kappa shape index (κ1) is 20.6. The summed E-state index contributed by atoms with van der Waals surface area (Å²) in [7, 11) is 3.14. The van der Waals surface area contributed by atoms with Crippen LogP contribution in [0.5, 0.6) is 11.6 Å². The standard InChI is InChI=1S/C23H25N5O3/c1-30-18-8-3-7-17(12-18)27-22(19-14-26-21(31-2)15-25-19)23(29)28-11-5-9-20(28)16-6-4-10-24-13-16/h3-4,6-8,10,12-15,20,22,27H,5,9,11H2,1-2H3. The number of anilines is 1. The van der Waals surface area contributed by atoms with Gasteiger partial charge in [0.25, 0.3) is 5.91 Å². The Labute approximate surface area is 181 Å². The Morgan fingerprint density at radius 2 is 2.03 bits per heavy atom. The molecule has 1 saturated heterocycles. The largest absolute Gasteiger partial charge is 0.497 e. The highest BCUT2D eigenvalue weighted by Crippen LogP contribution is 2.34. The second kappa shape index (κ2) is 9.42. The molecule has 0 aliphatic carbocycles. The Morgan fingerprint density at radius 1 is 1.13 bits per heavy atom. The molecule has 160 valence electrons. The van der Waals surface area contributed by atoms with E-state index in [0.29, 0.717) is 23.9 Å². The van der Waals surface area contributed by atoms with Crippen molar-refractivity contribution in [3.63, 3.8) is 0 Å². The monoisotopic (exact) mass is 419 g/mol. The van der Waals surface area contributed by atoms with Gasteiger partial charge < -0.3 is 19.7 Å². The van der Waals surface area contributed by atoms with Gasteiger partial charge in [0.15, 0.2) is 6.04 Å². The number of carbonyl (C=O) groups excluding carboxylic acids is 1. The quantitative estimate of drug-likeness (QED) is 0.628. The van der Waals surface area contributed by atoms with Gasteiger partial charge in [-0.2, -0.15) is 0 Å². The van der Waals surface area contributed by atoms with E-state index in [2.05, 4.69) is 20.3 Å². The Kier molecular flexibility index (Phi) is 6.26. The average molecular weight is 419 g/mol. The average Bonchev–Trinajstić information content (AvgIpc) is 3.33. The van der Waals surface area contributed by atoms with Crippen LogP contribution in [-0.2, 0) is 4.79 Å². The summed E-state index contributed by atoms with van der Waals surface area (Å²) >= 11 is 0. The number of likely N-dealkylation sites (tertiary alicyclic amines) is 1. The van der Waals surface area contributed by atoms with E-state index in [0.717, 1.165) is 24.1 Å². The molecule has 0 radical (unpaired) electrons. The fourth-order valence-corrected chi connectivity index (χ4v) is 3.84. The van der Waals surface area contributed by atoms with E-state index < -0.39 is 6.04 Å². The first-order valence-electron chi connectivity index (χ1n) is 10.2. The van der Waals surface area contributed by atoms with Crippen molar-refractivity contribution in [3.8, 4) is 11.6 Å². The minimum Gasteiger partial charge on any atom is -0.497 e. The zero-order chi connectivity index (χ0) is 21.6. The predicted octanol–water partition coefficient (Wildman–Crippen LogP) is 3.41. The Morgan fingerprint density at radius 3 is 2.74 bits per heavy atom. The molecule has 2 aromatic heterocycles. The van der Waals surface area contributed by atoms with E-state index in [1.165, 1.54) is 13.3 Å². The number of carbonyl (C=O) groups is 1. The van der Waals surface area contributed by atoms with E-state index in [9.17, 15) is 4.79 Å². The summed E-state index contributed by atoms with van der Waals surface area (Å²) in [6, 6.07) is 10.7. The number of rotatable bonds is 7. The van der Waals surface area contributed by atoms with Gasteiger partial charge in [0.1, 0.15) is 5.75 Å². The number of ether oxygens (including phenoxy) is 2. The number of amides is 1. The van der Waals surface area contributed by atoms with Crippen molar-refractivity contribution in [2.45, 2.75) is 24.9 Å². The van der Waals surface area contributed by atoms with Crippen LogP contribution in [0, 0.1) is 0 Å². The molecule has 1 aromatic carbocycles. The second-order valence-corrected chi connectivity index (χ2v) is 7.27. The van der Waals surface area contributed by atoms with Crippen LogP contribution in [-0.4, -0.2) is 46.5 Å². The molecule has 8 nitrogen and oxygen atoms in total. The second-order valence-electron chi connectivity index (χ2n) is 7.27. The van der Waals surface area contributed by atoms with E-state index in [4.69, 9.17) is 9.47 Å². The summed E-state index contributed by atoms with van der Waals surface area (Å²) in [4.78, 5) is 28.6. The number of pyridine rings is 1. The highest BCUT2D eigenvalue weighted by atomic mass is 16.5. The van der Waals surface area contributed by atoms with Crippen LogP contribution < -0.4 is 14.8 Å². The summed E-state index contributed by atoms with van der Waals surface area (Å²) < 4.78 is 10.4. The van der Waals surface area contributed by atoms with E-state index in [1.807, 2.05) is 47.5 Å². The van der Waals surface area contributed by atoms with Gasteiger partial charge in [0.05, 0.1) is 38.3 Å². The van der Waals surface area contributed by atoms with Crippen molar-refractivity contribution in [1.82, 2.24) is 19.9 Å². The molecular weight excluding hydrogens is 394 g/mol. The minimum atomic E-state index is -0.706. The van der Waals surface area contributed by atoms with E-state index >= 15 is 0 Å². The maximum atomic E-state index is 13.8. The molecule has 2 unspecified atom stereocenters. The zero-order valence-corrected chi connectivity index (χ0v) is 17.6. The molecule has 8 heteroatoms.